The summed E-state index contributed by atoms with van der Waals surface area (Å²) >= 11 is 0. The molecule has 0 rings (SSSR count). The van der Waals surface area contributed by atoms with Crippen LogP contribution in [0.1, 0.15) is 172 Å². The third kappa shape index (κ3) is 34.4. The minimum atomic E-state index is -5.67. The zero-order chi connectivity index (χ0) is 41.0. The molecule has 308 valence electrons. The van der Waals surface area contributed by atoms with Crippen molar-refractivity contribution in [2.24, 2.45) is 0 Å². The van der Waals surface area contributed by atoms with Crippen LogP contribution in [0, 0.1) is 0 Å². The van der Waals surface area contributed by atoms with Gasteiger partial charge in [-0.3, -0.25) is 8.88 Å². The van der Waals surface area contributed by atoms with Crippen LogP contribution in [0.25, 0.3) is 0 Å². The molecule has 0 bridgehead atoms. The summed E-state index contributed by atoms with van der Waals surface area (Å²) in [5.74, 6) is 0. The molecule has 0 aromatic rings. The van der Waals surface area contributed by atoms with Crippen LogP contribution in [0.3, 0.4) is 0 Å². The number of hydrogen-bond acceptors (Lipinski definition) is 7. The van der Waals surface area contributed by atoms with Crippen LogP contribution in [-0.2, 0) is 18.0 Å². The molecular weight excluding hydrogens is 714 g/mol. The molecule has 0 aromatic carbocycles. The standard InChI is InChI=1S/C45H76O7P2/c1-37(2)19-11-20-38(3)21-12-22-39(4)23-13-24-40(5)25-14-26-41(6)27-15-28-42(7)29-16-30-43(8)31-17-32-44(9)33-18-34-45(10)35-36-51-54(49,50)52-53(46,47)48/h19,21,23,25,27,29,31,33,35H,11-18,20,22,24,26,28,30,32,34,36H2,1-10H3,(H,49,50)(H2,46,47,48)/p-3/b38-21+,39-23+,40-25+,41-27+,42-29+,43-31+,44-33+,45-35+. The Kier molecular flexibility index (Phi) is 28.9. The molecule has 0 aliphatic rings. The van der Waals surface area contributed by atoms with Gasteiger partial charge in [0, 0.05) is 0 Å². The van der Waals surface area contributed by atoms with Gasteiger partial charge in [-0.1, -0.05) is 105 Å². The summed E-state index contributed by atoms with van der Waals surface area (Å²) in [5.41, 5.74) is 12.4. The molecule has 0 aliphatic heterocycles. The fraction of sp³-hybridized carbons (Fsp3) is 0.600. The molecule has 9 heteroatoms. The summed E-state index contributed by atoms with van der Waals surface area (Å²) in [4.78, 5) is 32.2. The van der Waals surface area contributed by atoms with Gasteiger partial charge in [0.1, 0.15) is 0 Å². The van der Waals surface area contributed by atoms with E-state index < -0.39 is 22.3 Å². The molecule has 1 atom stereocenters. The van der Waals surface area contributed by atoms with Crippen molar-refractivity contribution < 1.29 is 32.6 Å². The van der Waals surface area contributed by atoms with Gasteiger partial charge in [-0.2, -0.15) is 0 Å². The minimum absolute atomic E-state index is 0.390. The Hall–Kier alpha value is -2.08. The van der Waals surface area contributed by atoms with Gasteiger partial charge in [0.2, 0.25) is 0 Å². The molecule has 54 heavy (non-hydrogen) atoms. The van der Waals surface area contributed by atoms with Crippen LogP contribution in [0.15, 0.2) is 105 Å². The predicted molar refractivity (Wildman–Crippen MR) is 226 cm³/mol. The molecule has 7 nitrogen and oxygen atoms in total. The third-order valence-electron chi connectivity index (χ3n) is 9.18. The molecule has 0 spiro atoms. The first-order valence-electron chi connectivity index (χ1n) is 19.9. The topological polar surface area (TPSA) is 122 Å². The highest BCUT2D eigenvalue weighted by Crippen LogP contribution is 2.50. The van der Waals surface area contributed by atoms with Gasteiger partial charge in [-0.25, -0.2) is 0 Å². The molecule has 0 saturated heterocycles. The first-order valence-corrected chi connectivity index (χ1v) is 22.8. The maximum atomic E-state index is 11.3. The quantitative estimate of drug-likeness (QED) is 0.0546. The maximum absolute atomic E-state index is 11.3. The molecule has 0 aliphatic carbocycles. The van der Waals surface area contributed by atoms with Crippen LogP contribution in [-0.4, -0.2) is 6.61 Å². The van der Waals surface area contributed by atoms with Gasteiger partial charge in [0.15, 0.2) is 0 Å². The van der Waals surface area contributed by atoms with E-state index in [2.05, 4.69) is 120 Å². The van der Waals surface area contributed by atoms with Crippen molar-refractivity contribution in [3.05, 3.63) is 105 Å². The van der Waals surface area contributed by atoms with Crippen molar-refractivity contribution >= 4 is 15.6 Å². The molecule has 0 amide bonds. The lowest BCUT2D eigenvalue weighted by molar-refractivity contribution is -0.339. The van der Waals surface area contributed by atoms with Crippen molar-refractivity contribution in [2.45, 2.75) is 172 Å². The highest BCUT2D eigenvalue weighted by Gasteiger charge is 2.10. The van der Waals surface area contributed by atoms with E-state index in [1.807, 2.05) is 6.92 Å². The van der Waals surface area contributed by atoms with Crippen LogP contribution in [0.4, 0.5) is 0 Å². The lowest BCUT2D eigenvalue weighted by Gasteiger charge is -2.34. The Bertz CT molecular complexity index is 1470. The van der Waals surface area contributed by atoms with Gasteiger partial charge in [0.25, 0.3) is 7.82 Å². The van der Waals surface area contributed by atoms with Crippen molar-refractivity contribution in [1.29, 1.82) is 0 Å². The SMILES string of the molecule is CC(C)=CCC/C(C)=C/CC/C(C)=C/CC/C(C)=C/CC/C(C)=C/CC/C(C)=C/CC/C(C)=C/CC/C(C)=C/CC/C(C)=C/COP(=O)([O-])OP(=O)([O-])[O-]. The van der Waals surface area contributed by atoms with E-state index in [1.54, 1.807) is 0 Å². The summed E-state index contributed by atoms with van der Waals surface area (Å²) < 4.78 is 29.6. The Morgan fingerprint density at radius 1 is 0.389 bits per heavy atom. The van der Waals surface area contributed by atoms with Gasteiger partial charge >= 0.3 is 0 Å². The molecule has 0 fully saturated rings. The Labute approximate surface area is 330 Å². The van der Waals surface area contributed by atoms with E-state index >= 15 is 0 Å². The van der Waals surface area contributed by atoms with Crippen LogP contribution >= 0.6 is 15.6 Å². The first-order chi connectivity index (χ1) is 25.3. The van der Waals surface area contributed by atoms with Crippen LogP contribution < -0.4 is 14.7 Å². The highest BCUT2D eigenvalue weighted by atomic mass is 31.3. The second-order valence-corrected chi connectivity index (χ2v) is 18.0. The second-order valence-electron chi connectivity index (χ2n) is 15.3. The van der Waals surface area contributed by atoms with Crippen molar-refractivity contribution in [3.63, 3.8) is 0 Å². The van der Waals surface area contributed by atoms with E-state index in [-0.39, 0.29) is 0 Å². The summed E-state index contributed by atoms with van der Waals surface area (Å²) in [6.45, 7) is 21.4. The molecule has 0 radical (unpaired) electrons. The highest BCUT2D eigenvalue weighted by molar-refractivity contribution is 7.58. The van der Waals surface area contributed by atoms with Gasteiger partial charge in [0.05, 0.1) is 14.4 Å². The average Bonchev–Trinajstić information content (AvgIpc) is 3.03. The Balaban J connectivity index is 4.29. The van der Waals surface area contributed by atoms with Crippen LogP contribution in [0.2, 0.25) is 0 Å². The summed E-state index contributed by atoms with van der Waals surface area (Å²) in [6, 6.07) is 0. The average molecular weight is 788 g/mol. The zero-order valence-corrected chi connectivity index (χ0v) is 37.3. The van der Waals surface area contributed by atoms with Crippen LogP contribution in [0.5, 0.6) is 0 Å². The van der Waals surface area contributed by atoms with E-state index in [0.29, 0.717) is 6.42 Å². The fourth-order valence-corrected chi connectivity index (χ4v) is 7.07. The smallest absolute Gasteiger partial charge is 0.272 e. The molecule has 0 aromatic heterocycles. The molecule has 0 heterocycles. The number of phosphoric ester groups is 1. The van der Waals surface area contributed by atoms with Gasteiger partial charge in [-0.15, -0.1) is 0 Å². The molecule has 1 unspecified atom stereocenters. The monoisotopic (exact) mass is 787 g/mol. The van der Waals surface area contributed by atoms with Crippen molar-refractivity contribution in [3.8, 4) is 0 Å². The summed E-state index contributed by atoms with van der Waals surface area (Å²) in [7, 11) is -10.8. The Morgan fingerprint density at radius 3 is 0.833 bits per heavy atom. The second kappa shape index (κ2) is 30.1. The molecular formula is C45H73O7P2-3. The van der Waals surface area contributed by atoms with E-state index in [4.69, 9.17) is 0 Å². The van der Waals surface area contributed by atoms with Gasteiger partial charge in [-0.05, 0) is 172 Å². The minimum Gasteiger partial charge on any atom is -0.790 e. The van der Waals surface area contributed by atoms with E-state index in [9.17, 15) is 23.8 Å². The zero-order valence-electron chi connectivity index (χ0n) is 35.5. The Morgan fingerprint density at radius 2 is 0.611 bits per heavy atom. The van der Waals surface area contributed by atoms with Crippen molar-refractivity contribution in [1.82, 2.24) is 0 Å². The van der Waals surface area contributed by atoms with E-state index in [0.717, 1.165) is 95.5 Å². The summed E-state index contributed by atoms with van der Waals surface area (Å²) in [6.07, 6.45) is 37.4. The fourth-order valence-electron chi connectivity index (χ4n) is 5.65. The lowest BCUT2D eigenvalue weighted by Crippen LogP contribution is -2.19. The number of rotatable bonds is 29. The number of hydrogen-bond donors (Lipinski definition) is 0. The largest absolute Gasteiger partial charge is 0.790 e. The van der Waals surface area contributed by atoms with Crippen molar-refractivity contribution in [2.75, 3.05) is 6.61 Å². The van der Waals surface area contributed by atoms with E-state index in [1.165, 1.54) is 57.1 Å². The molecule has 0 N–H and O–H groups in total. The number of allylic oxidation sites excluding steroid dienone is 17. The summed E-state index contributed by atoms with van der Waals surface area (Å²) in [5, 5.41) is 0. The number of phosphoric acid groups is 2. The lowest BCUT2D eigenvalue weighted by atomic mass is 10.0. The van der Waals surface area contributed by atoms with Gasteiger partial charge < -0.3 is 23.8 Å². The molecule has 0 saturated carbocycles. The maximum Gasteiger partial charge on any atom is 0.272 e. The predicted octanol–water partition coefficient (Wildman–Crippen LogP) is 13.1. The normalized spacial score (nSPS) is 15.9. The third-order valence-corrected chi connectivity index (χ3v) is 11.2. The first kappa shape index (κ1) is 51.9.